The number of methoxy groups -OCH3 is 2. The molecule has 0 aromatic carbocycles. The van der Waals surface area contributed by atoms with Gasteiger partial charge in [-0.3, -0.25) is 15.6 Å². The second-order valence-corrected chi connectivity index (χ2v) is 3.84. The Morgan fingerprint density at radius 1 is 1.37 bits per heavy atom. The van der Waals surface area contributed by atoms with E-state index in [-0.39, 0.29) is 5.91 Å². The number of hydrogen-bond donors (Lipinski definition) is 2. The lowest BCUT2D eigenvalue weighted by Gasteiger charge is -2.23. The molecule has 1 aromatic heterocycles. The lowest BCUT2D eigenvalue weighted by molar-refractivity contribution is 0.0628. The number of hydrogen-bond acceptors (Lipinski definition) is 6. The molecule has 3 N–H and O–H groups in total. The van der Waals surface area contributed by atoms with Crippen LogP contribution in [0.25, 0.3) is 0 Å². The number of hydrazine groups is 1. The van der Waals surface area contributed by atoms with Gasteiger partial charge in [-0.15, -0.1) is 0 Å². The summed E-state index contributed by atoms with van der Waals surface area (Å²) in [5.41, 5.74) is 3.44. The summed E-state index contributed by atoms with van der Waals surface area (Å²) in [5.74, 6) is 5.24. The Balaban J connectivity index is 2.84. The van der Waals surface area contributed by atoms with Crippen molar-refractivity contribution >= 4 is 11.6 Å². The summed E-state index contributed by atoms with van der Waals surface area (Å²) in [6.45, 7) is 1.91. The molecule has 1 aromatic rings. The minimum Gasteiger partial charge on any atom is -0.383 e. The van der Waals surface area contributed by atoms with Gasteiger partial charge in [-0.2, -0.15) is 0 Å². The Kier molecular flexibility index (Phi) is 6.80. The molecule has 0 saturated heterocycles. The first-order chi connectivity index (χ1) is 9.24. The first kappa shape index (κ1) is 15.4. The van der Waals surface area contributed by atoms with E-state index in [1.807, 2.05) is 0 Å². The maximum absolute atomic E-state index is 12.4. The van der Waals surface area contributed by atoms with Crippen molar-refractivity contribution in [3.63, 3.8) is 0 Å². The number of amides is 1. The fourth-order valence-corrected chi connectivity index (χ4v) is 1.58. The predicted molar refractivity (Wildman–Crippen MR) is 71.7 cm³/mol. The Morgan fingerprint density at radius 2 is 2.00 bits per heavy atom. The first-order valence-electron chi connectivity index (χ1n) is 5.92. The van der Waals surface area contributed by atoms with E-state index in [0.29, 0.717) is 37.6 Å². The second-order valence-electron chi connectivity index (χ2n) is 3.84. The van der Waals surface area contributed by atoms with E-state index in [1.165, 1.54) is 6.20 Å². The number of rotatable bonds is 8. The number of pyridine rings is 1. The second kappa shape index (κ2) is 8.41. The van der Waals surface area contributed by atoms with Gasteiger partial charge in [0, 0.05) is 33.5 Å². The Hall–Kier alpha value is -1.70. The molecule has 0 saturated carbocycles. The minimum atomic E-state index is -0.135. The third-order valence-corrected chi connectivity index (χ3v) is 2.62. The molecule has 106 valence electrons. The number of nitrogens with zero attached hydrogens (tertiary/aromatic N) is 2. The van der Waals surface area contributed by atoms with E-state index < -0.39 is 0 Å². The summed E-state index contributed by atoms with van der Waals surface area (Å²) in [7, 11) is 3.19. The maximum Gasteiger partial charge on any atom is 0.256 e. The topological polar surface area (TPSA) is 89.7 Å². The van der Waals surface area contributed by atoms with Crippen LogP contribution in [-0.2, 0) is 9.47 Å². The summed E-state index contributed by atoms with van der Waals surface area (Å²) < 4.78 is 10.0. The quantitative estimate of drug-likeness (QED) is 0.513. The number of anilines is 1. The molecule has 0 unspecified atom stereocenters. The van der Waals surface area contributed by atoms with Crippen LogP contribution in [0.5, 0.6) is 0 Å². The molecule has 0 atom stereocenters. The average Bonchev–Trinajstić information content (AvgIpc) is 2.46. The Bertz CT molecular complexity index is 392. The van der Waals surface area contributed by atoms with Gasteiger partial charge < -0.3 is 19.8 Å². The van der Waals surface area contributed by atoms with Crippen molar-refractivity contribution in [2.45, 2.75) is 0 Å². The summed E-state index contributed by atoms with van der Waals surface area (Å²) in [6.07, 6.45) is 3.07. The van der Waals surface area contributed by atoms with Gasteiger partial charge in [-0.05, 0) is 6.07 Å². The summed E-state index contributed by atoms with van der Waals surface area (Å²) in [4.78, 5) is 18.0. The van der Waals surface area contributed by atoms with Gasteiger partial charge in [-0.25, -0.2) is 0 Å². The first-order valence-corrected chi connectivity index (χ1v) is 5.92. The smallest absolute Gasteiger partial charge is 0.256 e. The van der Waals surface area contributed by atoms with E-state index >= 15 is 0 Å². The number of aromatic nitrogens is 1. The molecule has 7 nitrogen and oxygen atoms in total. The molecule has 1 heterocycles. The molecule has 0 aliphatic heterocycles. The lowest BCUT2D eigenvalue weighted by Crippen LogP contribution is -2.37. The highest BCUT2D eigenvalue weighted by Gasteiger charge is 2.18. The molecule has 0 spiro atoms. The fourth-order valence-electron chi connectivity index (χ4n) is 1.58. The number of carbonyl (C=O) groups excluding carboxylic acids is 1. The maximum atomic E-state index is 12.4. The zero-order valence-electron chi connectivity index (χ0n) is 11.3. The molecule has 19 heavy (non-hydrogen) atoms. The third-order valence-electron chi connectivity index (χ3n) is 2.62. The van der Waals surface area contributed by atoms with Crippen LogP contribution in [0.2, 0.25) is 0 Å². The van der Waals surface area contributed by atoms with Crippen molar-refractivity contribution in [1.29, 1.82) is 0 Å². The van der Waals surface area contributed by atoms with Gasteiger partial charge in [-0.1, -0.05) is 0 Å². The SMILES string of the molecule is COCCN(CCOC)C(=O)c1ccncc1NN. The molecular formula is C12H20N4O3. The zero-order valence-corrected chi connectivity index (χ0v) is 11.3. The highest BCUT2D eigenvalue weighted by Crippen LogP contribution is 2.14. The summed E-state index contributed by atoms with van der Waals surface area (Å²) >= 11 is 0. The summed E-state index contributed by atoms with van der Waals surface area (Å²) in [5, 5.41) is 0. The Morgan fingerprint density at radius 3 is 2.53 bits per heavy atom. The summed E-state index contributed by atoms with van der Waals surface area (Å²) in [6, 6.07) is 1.63. The molecule has 1 amide bonds. The van der Waals surface area contributed by atoms with E-state index in [4.69, 9.17) is 15.3 Å². The van der Waals surface area contributed by atoms with Crippen LogP contribution >= 0.6 is 0 Å². The third kappa shape index (κ3) is 4.47. The van der Waals surface area contributed by atoms with Gasteiger partial charge >= 0.3 is 0 Å². The standard InChI is InChI=1S/C12H20N4O3/c1-18-7-5-16(6-8-19-2)12(17)10-3-4-14-9-11(10)15-13/h3-4,9,15H,5-8,13H2,1-2H3. The largest absolute Gasteiger partial charge is 0.383 e. The molecule has 1 rings (SSSR count). The van der Waals surface area contributed by atoms with Gasteiger partial charge in [0.1, 0.15) is 0 Å². The van der Waals surface area contributed by atoms with E-state index in [9.17, 15) is 4.79 Å². The van der Waals surface area contributed by atoms with Crippen LogP contribution < -0.4 is 11.3 Å². The molecule has 0 aliphatic carbocycles. The minimum absolute atomic E-state index is 0.135. The number of nitrogens with two attached hydrogens (primary N) is 1. The van der Waals surface area contributed by atoms with Crippen molar-refractivity contribution in [1.82, 2.24) is 9.88 Å². The fraction of sp³-hybridized carbons (Fsp3) is 0.500. The zero-order chi connectivity index (χ0) is 14.1. The van der Waals surface area contributed by atoms with Gasteiger partial charge in [0.15, 0.2) is 0 Å². The number of ether oxygens (including phenoxy) is 2. The molecule has 7 heteroatoms. The number of nitrogen functional groups attached to an aromatic ring is 1. The van der Waals surface area contributed by atoms with E-state index in [1.54, 1.807) is 31.4 Å². The van der Waals surface area contributed by atoms with Crippen LogP contribution in [0.15, 0.2) is 18.5 Å². The highest BCUT2D eigenvalue weighted by molar-refractivity contribution is 5.99. The average molecular weight is 268 g/mol. The van der Waals surface area contributed by atoms with Crippen LogP contribution in [0, 0.1) is 0 Å². The monoisotopic (exact) mass is 268 g/mol. The van der Waals surface area contributed by atoms with Crippen LogP contribution in [0.3, 0.4) is 0 Å². The van der Waals surface area contributed by atoms with Crippen LogP contribution in [0.1, 0.15) is 10.4 Å². The van der Waals surface area contributed by atoms with Crippen molar-refractivity contribution in [2.24, 2.45) is 5.84 Å². The Labute approximate surface area is 112 Å². The van der Waals surface area contributed by atoms with Crippen molar-refractivity contribution in [3.05, 3.63) is 24.0 Å². The molecule has 0 bridgehead atoms. The number of nitrogens with one attached hydrogen (secondary N) is 1. The van der Waals surface area contributed by atoms with E-state index in [2.05, 4.69) is 10.4 Å². The van der Waals surface area contributed by atoms with Crippen molar-refractivity contribution in [2.75, 3.05) is 45.9 Å². The predicted octanol–water partition coefficient (Wildman–Crippen LogP) is 0.102. The van der Waals surface area contributed by atoms with E-state index in [0.717, 1.165) is 0 Å². The van der Waals surface area contributed by atoms with Gasteiger partial charge in [0.05, 0.1) is 30.7 Å². The molecule has 0 radical (unpaired) electrons. The molecule has 0 aliphatic rings. The van der Waals surface area contributed by atoms with Crippen molar-refractivity contribution in [3.8, 4) is 0 Å². The highest BCUT2D eigenvalue weighted by atomic mass is 16.5. The van der Waals surface area contributed by atoms with Crippen LogP contribution in [0.4, 0.5) is 5.69 Å². The van der Waals surface area contributed by atoms with Gasteiger partial charge in [0.2, 0.25) is 0 Å². The lowest BCUT2D eigenvalue weighted by atomic mass is 10.2. The molecule has 0 fully saturated rings. The normalized spacial score (nSPS) is 10.3. The van der Waals surface area contributed by atoms with Crippen molar-refractivity contribution < 1.29 is 14.3 Å². The number of carbonyl (C=O) groups is 1. The molecular weight excluding hydrogens is 248 g/mol. The van der Waals surface area contributed by atoms with Gasteiger partial charge in [0.25, 0.3) is 5.91 Å². The van der Waals surface area contributed by atoms with Crippen LogP contribution in [-0.4, -0.2) is 56.3 Å².